The fraction of sp³-hybridized carbons (Fsp3) is 1.00. The topological polar surface area (TPSA) is 26.0 Å². The first kappa shape index (κ1) is 4.97. The van der Waals surface area contributed by atoms with Crippen molar-refractivity contribution in [2.24, 2.45) is 11.7 Å². The summed E-state index contributed by atoms with van der Waals surface area (Å²) in [5, 5.41) is 0. The van der Waals surface area contributed by atoms with E-state index in [1.165, 1.54) is 0 Å². The molecule has 0 aliphatic heterocycles. The molecule has 0 heterocycles. The van der Waals surface area contributed by atoms with Crippen LogP contribution >= 0.6 is 0 Å². The number of rotatable bonds is 1. The Balaban J connectivity index is 2.30. The second-order valence-electron chi connectivity index (χ2n) is 1.90. The van der Waals surface area contributed by atoms with Gasteiger partial charge in [0.05, 0.1) is 0 Å². The Bertz CT molecular complexity index is 81.8. The van der Waals surface area contributed by atoms with E-state index in [1.807, 2.05) is 0 Å². The van der Waals surface area contributed by atoms with Gasteiger partial charge in [0.25, 0.3) is 5.92 Å². The average molecular weight is 107 g/mol. The minimum absolute atomic E-state index is 0.00347. The molecule has 0 aromatic heterocycles. The van der Waals surface area contributed by atoms with Gasteiger partial charge in [0.15, 0.2) is 0 Å². The summed E-state index contributed by atoms with van der Waals surface area (Å²) >= 11 is 0. The molecular formula is C4H7F2N. The van der Waals surface area contributed by atoms with Gasteiger partial charge in [0.1, 0.15) is 0 Å². The van der Waals surface area contributed by atoms with Crippen molar-refractivity contribution in [1.82, 2.24) is 0 Å². The van der Waals surface area contributed by atoms with Gasteiger partial charge in [0.2, 0.25) is 0 Å². The molecule has 0 aromatic carbocycles. The third kappa shape index (κ3) is 0.725. The number of hydrogen-bond donors (Lipinski definition) is 1. The van der Waals surface area contributed by atoms with Crippen LogP contribution in [0, 0.1) is 5.92 Å². The Kier molecular flexibility index (Phi) is 0.819. The molecule has 0 bridgehead atoms. The van der Waals surface area contributed by atoms with Gasteiger partial charge in [-0.2, -0.15) is 0 Å². The minimum Gasteiger partial charge on any atom is -0.330 e. The van der Waals surface area contributed by atoms with Crippen LogP contribution in [0.1, 0.15) is 6.42 Å². The van der Waals surface area contributed by atoms with Crippen molar-refractivity contribution < 1.29 is 8.78 Å². The molecule has 0 radical (unpaired) electrons. The van der Waals surface area contributed by atoms with E-state index in [-0.39, 0.29) is 13.0 Å². The lowest BCUT2D eigenvalue weighted by Gasteiger charge is -1.87. The summed E-state index contributed by atoms with van der Waals surface area (Å²) in [6, 6.07) is 0. The molecule has 42 valence electrons. The zero-order valence-corrected chi connectivity index (χ0v) is 3.82. The van der Waals surface area contributed by atoms with E-state index in [4.69, 9.17) is 5.73 Å². The lowest BCUT2D eigenvalue weighted by Crippen LogP contribution is -2.06. The predicted molar refractivity (Wildman–Crippen MR) is 22.1 cm³/mol. The molecule has 1 aliphatic rings. The molecule has 0 amide bonds. The van der Waals surface area contributed by atoms with E-state index in [1.54, 1.807) is 0 Å². The molecule has 1 nitrogen and oxygen atoms in total. The van der Waals surface area contributed by atoms with Crippen molar-refractivity contribution in [3.63, 3.8) is 0 Å². The third-order valence-electron chi connectivity index (χ3n) is 1.24. The van der Waals surface area contributed by atoms with Crippen LogP contribution in [-0.4, -0.2) is 12.5 Å². The van der Waals surface area contributed by atoms with Gasteiger partial charge in [-0.1, -0.05) is 0 Å². The van der Waals surface area contributed by atoms with Gasteiger partial charge in [0, 0.05) is 18.9 Å². The molecule has 0 spiro atoms. The van der Waals surface area contributed by atoms with Gasteiger partial charge in [-0.3, -0.25) is 0 Å². The summed E-state index contributed by atoms with van der Waals surface area (Å²) in [5.74, 6) is -2.91. The maximum atomic E-state index is 11.7. The van der Waals surface area contributed by atoms with Crippen molar-refractivity contribution in [3.05, 3.63) is 0 Å². The molecule has 1 rings (SSSR count). The van der Waals surface area contributed by atoms with Crippen molar-refractivity contribution in [3.8, 4) is 0 Å². The number of hydrogen-bond acceptors (Lipinski definition) is 1. The fourth-order valence-corrected chi connectivity index (χ4v) is 0.525. The minimum atomic E-state index is -2.41. The number of nitrogens with two attached hydrogens (primary N) is 1. The summed E-state index contributed by atoms with van der Waals surface area (Å²) in [6.07, 6.45) is 0.00347. The van der Waals surface area contributed by atoms with E-state index in [9.17, 15) is 8.78 Å². The zero-order valence-electron chi connectivity index (χ0n) is 3.82. The van der Waals surface area contributed by atoms with E-state index in [0.717, 1.165) is 0 Å². The number of halogens is 2. The quantitative estimate of drug-likeness (QED) is 0.521. The second kappa shape index (κ2) is 1.15. The third-order valence-corrected chi connectivity index (χ3v) is 1.24. The van der Waals surface area contributed by atoms with Crippen molar-refractivity contribution in [1.29, 1.82) is 0 Å². The van der Waals surface area contributed by atoms with E-state index in [0.29, 0.717) is 0 Å². The Morgan fingerprint density at radius 1 is 1.71 bits per heavy atom. The maximum absolute atomic E-state index is 11.7. The highest BCUT2D eigenvalue weighted by Gasteiger charge is 2.55. The maximum Gasteiger partial charge on any atom is 0.252 e. The molecule has 0 aromatic rings. The largest absolute Gasteiger partial charge is 0.330 e. The highest BCUT2D eigenvalue weighted by atomic mass is 19.3. The Hall–Kier alpha value is -0.180. The summed E-state index contributed by atoms with van der Waals surface area (Å²) in [6.45, 7) is 0.132. The van der Waals surface area contributed by atoms with E-state index in [2.05, 4.69) is 0 Å². The first-order valence-corrected chi connectivity index (χ1v) is 2.24. The summed E-state index contributed by atoms with van der Waals surface area (Å²) < 4.78 is 23.4. The Labute approximate surface area is 40.5 Å². The summed E-state index contributed by atoms with van der Waals surface area (Å²) in [7, 11) is 0. The molecule has 0 saturated heterocycles. The lowest BCUT2D eigenvalue weighted by molar-refractivity contribution is 0.101. The SMILES string of the molecule is NC[C@H]1CC1(F)F. The van der Waals surface area contributed by atoms with Crippen LogP contribution in [0.2, 0.25) is 0 Å². The molecule has 1 fully saturated rings. The molecule has 1 aliphatic carbocycles. The number of alkyl halides is 2. The van der Waals surface area contributed by atoms with E-state index >= 15 is 0 Å². The normalized spacial score (nSPS) is 35.6. The van der Waals surface area contributed by atoms with Gasteiger partial charge >= 0.3 is 0 Å². The molecular weight excluding hydrogens is 100 g/mol. The fourth-order valence-electron chi connectivity index (χ4n) is 0.525. The smallest absolute Gasteiger partial charge is 0.252 e. The highest BCUT2D eigenvalue weighted by molar-refractivity contribution is 4.95. The monoisotopic (exact) mass is 107 g/mol. The first-order valence-electron chi connectivity index (χ1n) is 2.24. The van der Waals surface area contributed by atoms with Gasteiger partial charge in [-0.15, -0.1) is 0 Å². The van der Waals surface area contributed by atoms with Crippen LogP contribution in [-0.2, 0) is 0 Å². The van der Waals surface area contributed by atoms with Crippen LogP contribution in [0.4, 0.5) is 8.78 Å². The van der Waals surface area contributed by atoms with Gasteiger partial charge < -0.3 is 5.73 Å². The zero-order chi connectivity index (χ0) is 5.49. The molecule has 1 atom stereocenters. The Morgan fingerprint density at radius 3 is 2.14 bits per heavy atom. The standard InChI is InChI=1S/C4H7F2N/c5-4(6)1-3(4)2-7/h3H,1-2,7H2/t3-/m1/s1. The van der Waals surface area contributed by atoms with Crippen molar-refractivity contribution in [2.75, 3.05) is 6.54 Å². The van der Waals surface area contributed by atoms with Crippen LogP contribution in [0.25, 0.3) is 0 Å². The first-order chi connectivity index (χ1) is 3.17. The highest BCUT2D eigenvalue weighted by Crippen LogP contribution is 2.47. The molecule has 7 heavy (non-hydrogen) atoms. The van der Waals surface area contributed by atoms with E-state index < -0.39 is 11.8 Å². The average Bonchev–Trinajstić information content (AvgIpc) is 2.13. The Morgan fingerprint density at radius 2 is 2.14 bits per heavy atom. The predicted octanol–water partition coefficient (Wildman–Crippen LogP) is 0.600. The van der Waals surface area contributed by atoms with Crippen LogP contribution < -0.4 is 5.73 Å². The molecule has 3 heteroatoms. The molecule has 0 unspecified atom stereocenters. The van der Waals surface area contributed by atoms with Crippen LogP contribution in [0.5, 0.6) is 0 Å². The lowest BCUT2D eigenvalue weighted by atomic mass is 10.4. The molecule has 2 N–H and O–H groups in total. The van der Waals surface area contributed by atoms with Crippen LogP contribution in [0.15, 0.2) is 0 Å². The van der Waals surface area contributed by atoms with Gasteiger partial charge in [-0.25, -0.2) is 8.78 Å². The second-order valence-corrected chi connectivity index (χ2v) is 1.90. The van der Waals surface area contributed by atoms with Crippen molar-refractivity contribution >= 4 is 0 Å². The van der Waals surface area contributed by atoms with Crippen LogP contribution in [0.3, 0.4) is 0 Å². The van der Waals surface area contributed by atoms with Gasteiger partial charge in [-0.05, 0) is 0 Å². The summed E-state index contributed by atoms with van der Waals surface area (Å²) in [5.41, 5.74) is 4.93. The van der Waals surface area contributed by atoms with Crippen molar-refractivity contribution in [2.45, 2.75) is 12.3 Å². The summed E-state index contributed by atoms with van der Waals surface area (Å²) in [4.78, 5) is 0. The molecule has 1 saturated carbocycles.